The summed E-state index contributed by atoms with van der Waals surface area (Å²) in [5, 5.41) is 3.55. The topological polar surface area (TPSA) is 38.3 Å². The van der Waals surface area contributed by atoms with Gasteiger partial charge in [-0.05, 0) is 60.6 Å². The number of rotatable bonds is 3. The van der Waals surface area contributed by atoms with Crippen LogP contribution in [-0.2, 0) is 4.74 Å². The Kier molecular flexibility index (Phi) is 4.86. The molecule has 0 spiro atoms. The number of hydrogen-bond acceptors (Lipinski definition) is 2. The molecule has 1 aromatic carbocycles. The second-order valence-electron chi connectivity index (χ2n) is 4.44. The fourth-order valence-electron chi connectivity index (χ4n) is 2.05. The minimum absolute atomic E-state index is 0.0229. The average molecular weight is 380 g/mol. The predicted molar refractivity (Wildman–Crippen MR) is 80.1 cm³/mol. The summed E-state index contributed by atoms with van der Waals surface area (Å²) in [6, 6.07) is 5.34. The van der Waals surface area contributed by atoms with E-state index in [1.54, 1.807) is 12.1 Å². The molecule has 1 N–H and O–H groups in total. The first-order valence-electron chi connectivity index (χ1n) is 5.95. The Labute approximate surface area is 125 Å². The van der Waals surface area contributed by atoms with Gasteiger partial charge in [0.25, 0.3) is 5.91 Å². The van der Waals surface area contributed by atoms with Crippen LogP contribution >= 0.6 is 34.2 Å². The zero-order valence-electron chi connectivity index (χ0n) is 10.1. The lowest BCUT2D eigenvalue weighted by molar-refractivity contribution is 0.0712. The molecular formula is C13H15ClINO2. The van der Waals surface area contributed by atoms with E-state index in [1.807, 2.05) is 13.0 Å². The summed E-state index contributed by atoms with van der Waals surface area (Å²) in [6.45, 7) is 2.77. The number of benzene rings is 1. The van der Waals surface area contributed by atoms with Gasteiger partial charge < -0.3 is 10.1 Å². The van der Waals surface area contributed by atoms with E-state index in [4.69, 9.17) is 16.3 Å². The highest BCUT2D eigenvalue weighted by atomic mass is 127. The van der Waals surface area contributed by atoms with Crippen LogP contribution in [0.5, 0.6) is 0 Å². The average Bonchev–Trinajstić information content (AvgIpc) is 2.85. The minimum Gasteiger partial charge on any atom is -0.376 e. The van der Waals surface area contributed by atoms with Crippen LogP contribution in [0.15, 0.2) is 18.2 Å². The lowest BCUT2D eigenvalue weighted by Gasteiger charge is -2.20. The van der Waals surface area contributed by atoms with Crippen molar-refractivity contribution in [3.63, 3.8) is 0 Å². The molecule has 2 atom stereocenters. The fraction of sp³-hybridized carbons (Fsp3) is 0.462. The maximum atomic E-state index is 12.2. The Morgan fingerprint density at radius 1 is 1.61 bits per heavy atom. The van der Waals surface area contributed by atoms with Crippen molar-refractivity contribution in [2.45, 2.75) is 31.9 Å². The van der Waals surface area contributed by atoms with Crippen LogP contribution in [0, 0.1) is 3.57 Å². The van der Waals surface area contributed by atoms with Crippen LogP contribution in [0.3, 0.4) is 0 Å². The third-order valence-electron chi connectivity index (χ3n) is 3.05. The smallest absolute Gasteiger partial charge is 0.252 e. The van der Waals surface area contributed by atoms with Gasteiger partial charge in [-0.1, -0.05) is 11.6 Å². The van der Waals surface area contributed by atoms with E-state index in [1.165, 1.54) is 0 Å². The number of carbonyl (C=O) groups excluding carboxylic acids is 1. The van der Waals surface area contributed by atoms with Gasteiger partial charge in [-0.25, -0.2) is 0 Å². The van der Waals surface area contributed by atoms with Crippen LogP contribution in [0.2, 0.25) is 5.02 Å². The standard InChI is InChI=1S/C13H15ClINO2/c1-8(12-3-2-6-18-12)16-13(17)10-7-9(14)4-5-11(10)15/h4-5,7-8,12H,2-3,6H2,1H3,(H,16,17). The summed E-state index contributed by atoms with van der Waals surface area (Å²) in [7, 11) is 0. The van der Waals surface area contributed by atoms with Crippen LogP contribution in [0.1, 0.15) is 30.1 Å². The largest absolute Gasteiger partial charge is 0.376 e. The highest BCUT2D eigenvalue weighted by Crippen LogP contribution is 2.19. The number of halogens is 2. The van der Waals surface area contributed by atoms with Crippen LogP contribution < -0.4 is 5.32 Å². The van der Waals surface area contributed by atoms with Gasteiger partial charge in [0.1, 0.15) is 0 Å². The molecule has 1 heterocycles. The van der Waals surface area contributed by atoms with Crippen LogP contribution in [0.25, 0.3) is 0 Å². The van der Waals surface area contributed by atoms with Crippen molar-refractivity contribution in [3.05, 3.63) is 32.4 Å². The molecule has 18 heavy (non-hydrogen) atoms. The molecule has 1 aliphatic heterocycles. The van der Waals surface area contributed by atoms with E-state index in [2.05, 4.69) is 27.9 Å². The lowest BCUT2D eigenvalue weighted by Crippen LogP contribution is -2.41. The molecule has 5 heteroatoms. The minimum atomic E-state index is -0.0927. The number of ether oxygens (including phenoxy) is 1. The van der Waals surface area contributed by atoms with Crippen molar-refractivity contribution >= 4 is 40.1 Å². The molecule has 1 fully saturated rings. The number of amides is 1. The molecule has 1 amide bonds. The Morgan fingerprint density at radius 3 is 3.06 bits per heavy atom. The molecule has 1 aliphatic rings. The zero-order chi connectivity index (χ0) is 13.1. The van der Waals surface area contributed by atoms with Crippen LogP contribution in [-0.4, -0.2) is 24.7 Å². The van der Waals surface area contributed by atoms with E-state index < -0.39 is 0 Å². The van der Waals surface area contributed by atoms with E-state index in [-0.39, 0.29) is 18.1 Å². The van der Waals surface area contributed by atoms with Gasteiger partial charge in [0.15, 0.2) is 0 Å². The second kappa shape index (κ2) is 6.21. The van der Waals surface area contributed by atoms with Crippen molar-refractivity contribution in [3.8, 4) is 0 Å². The van der Waals surface area contributed by atoms with Gasteiger partial charge in [0.05, 0.1) is 17.7 Å². The summed E-state index contributed by atoms with van der Waals surface area (Å²) >= 11 is 8.05. The van der Waals surface area contributed by atoms with E-state index in [0.29, 0.717) is 10.6 Å². The lowest BCUT2D eigenvalue weighted by atomic mass is 10.1. The third kappa shape index (κ3) is 3.36. The zero-order valence-corrected chi connectivity index (χ0v) is 13.0. The molecule has 3 nitrogen and oxygen atoms in total. The summed E-state index contributed by atoms with van der Waals surface area (Å²) in [5.74, 6) is -0.0927. The SMILES string of the molecule is CC(NC(=O)c1cc(Cl)ccc1I)C1CCCO1. The summed E-state index contributed by atoms with van der Waals surface area (Å²) < 4.78 is 6.46. The Morgan fingerprint density at radius 2 is 2.39 bits per heavy atom. The van der Waals surface area contributed by atoms with Gasteiger partial charge in [-0.3, -0.25) is 4.79 Å². The van der Waals surface area contributed by atoms with Gasteiger partial charge in [-0.2, -0.15) is 0 Å². The first-order valence-corrected chi connectivity index (χ1v) is 7.41. The van der Waals surface area contributed by atoms with Gasteiger partial charge >= 0.3 is 0 Å². The third-order valence-corrected chi connectivity index (χ3v) is 4.23. The van der Waals surface area contributed by atoms with Gasteiger partial charge in [-0.15, -0.1) is 0 Å². The van der Waals surface area contributed by atoms with E-state index >= 15 is 0 Å². The first-order chi connectivity index (χ1) is 8.58. The molecule has 1 aromatic rings. The van der Waals surface area contributed by atoms with E-state index in [9.17, 15) is 4.79 Å². The molecule has 2 unspecified atom stereocenters. The quantitative estimate of drug-likeness (QED) is 0.819. The summed E-state index contributed by atoms with van der Waals surface area (Å²) in [5.41, 5.74) is 0.618. The van der Waals surface area contributed by atoms with Crippen molar-refractivity contribution in [2.75, 3.05) is 6.61 Å². The Balaban J connectivity index is 2.04. The molecule has 98 valence electrons. The monoisotopic (exact) mass is 379 g/mol. The van der Waals surface area contributed by atoms with Crippen LogP contribution in [0.4, 0.5) is 0 Å². The van der Waals surface area contributed by atoms with Gasteiger partial charge in [0.2, 0.25) is 0 Å². The van der Waals surface area contributed by atoms with Crippen molar-refractivity contribution < 1.29 is 9.53 Å². The molecule has 0 saturated carbocycles. The molecule has 1 saturated heterocycles. The van der Waals surface area contributed by atoms with Crippen molar-refractivity contribution in [2.24, 2.45) is 0 Å². The maximum absolute atomic E-state index is 12.2. The highest BCUT2D eigenvalue weighted by molar-refractivity contribution is 14.1. The Hall–Kier alpha value is -0.330. The Bertz CT molecular complexity index is 447. The van der Waals surface area contributed by atoms with Crippen molar-refractivity contribution in [1.82, 2.24) is 5.32 Å². The maximum Gasteiger partial charge on any atom is 0.252 e. The number of nitrogens with one attached hydrogen (secondary N) is 1. The molecule has 0 radical (unpaired) electrons. The first kappa shape index (κ1) is 14.1. The molecule has 0 aromatic heterocycles. The molecule has 0 aliphatic carbocycles. The predicted octanol–water partition coefficient (Wildman–Crippen LogP) is 3.24. The van der Waals surface area contributed by atoms with Gasteiger partial charge in [0, 0.05) is 15.2 Å². The normalized spacial score (nSPS) is 20.7. The second-order valence-corrected chi connectivity index (χ2v) is 6.04. The van der Waals surface area contributed by atoms with Crippen molar-refractivity contribution in [1.29, 1.82) is 0 Å². The number of hydrogen-bond donors (Lipinski definition) is 1. The fourth-order valence-corrected chi connectivity index (χ4v) is 2.80. The number of carbonyl (C=O) groups is 1. The summed E-state index contributed by atoms with van der Waals surface area (Å²) in [4.78, 5) is 12.2. The summed E-state index contributed by atoms with van der Waals surface area (Å²) in [6.07, 6.45) is 2.21. The molecule has 0 bridgehead atoms. The highest BCUT2D eigenvalue weighted by Gasteiger charge is 2.24. The molecule has 2 rings (SSSR count). The van der Waals surface area contributed by atoms with E-state index in [0.717, 1.165) is 23.0 Å². The molecular weight excluding hydrogens is 365 g/mol.